The van der Waals surface area contributed by atoms with Crippen LogP contribution in [0.3, 0.4) is 0 Å². The van der Waals surface area contributed by atoms with Crippen molar-refractivity contribution in [3.8, 4) is 0 Å². The van der Waals surface area contributed by atoms with Crippen LogP contribution in [-0.4, -0.2) is 76.5 Å². The summed E-state index contributed by atoms with van der Waals surface area (Å²) in [5.41, 5.74) is 0.583. The summed E-state index contributed by atoms with van der Waals surface area (Å²) in [5, 5.41) is 5.13. The molecule has 1 fully saturated rings. The molecule has 1 aliphatic heterocycles. The van der Waals surface area contributed by atoms with Crippen molar-refractivity contribution in [2.24, 2.45) is 0 Å². The molecule has 37 heavy (non-hydrogen) atoms. The lowest BCUT2D eigenvalue weighted by Crippen LogP contribution is -2.46. The van der Waals surface area contributed by atoms with Gasteiger partial charge < -0.3 is 14.8 Å². The van der Waals surface area contributed by atoms with Crippen LogP contribution in [0.5, 0.6) is 0 Å². The third-order valence-corrected chi connectivity index (χ3v) is 7.81. The molecule has 0 radical (unpaired) electrons. The highest BCUT2D eigenvalue weighted by molar-refractivity contribution is 7.99. The van der Waals surface area contributed by atoms with Crippen LogP contribution in [0.1, 0.15) is 43.7 Å². The molecule has 1 aromatic heterocycles. The fourth-order valence-electron chi connectivity index (χ4n) is 3.46. The summed E-state index contributed by atoms with van der Waals surface area (Å²) >= 11 is 14.6. The van der Waals surface area contributed by atoms with E-state index in [2.05, 4.69) is 15.2 Å². The van der Waals surface area contributed by atoms with E-state index in [0.29, 0.717) is 40.6 Å². The van der Waals surface area contributed by atoms with Gasteiger partial charge in [0.2, 0.25) is 5.91 Å². The Bertz CT molecular complexity index is 1120. The summed E-state index contributed by atoms with van der Waals surface area (Å²) in [6.07, 6.45) is -0.190. The predicted octanol–water partition coefficient (Wildman–Crippen LogP) is 4.28. The lowest BCUT2D eigenvalue weighted by molar-refractivity contribution is -0.153. The number of nitrogens with one attached hydrogen (secondary N) is 1. The minimum Gasteiger partial charge on any atom is -0.459 e. The summed E-state index contributed by atoms with van der Waals surface area (Å²) in [6, 6.07) is 5.58. The van der Waals surface area contributed by atoms with Gasteiger partial charge in [0, 0.05) is 43.9 Å². The van der Waals surface area contributed by atoms with Crippen LogP contribution < -0.4 is 5.32 Å². The van der Waals surface area contributed by atoms with E-state index in [1.165, 1.54) is 18.3 Å². The van der Waals surface area contributed by atoms with E-state index in [4.69, 9.17) is 32.7 Å². The van der Waals surface area contributed by atoms with Gasteiger partial charge in [0.05, 0.1) is 29.3 Å². The number of nitrogens with zero attached hydrogens (tertiary/aromatic N) is 3. The monoisotopic (exact) mass is 588 g/mol. The number of morpholine rings is 1. The molecule has 1 aromatic carbocycles. The van der Waals surface area contributed by atoms with E-state index in [1.54, 1.807) is 36.5 Å². The Kier molecular flexibility index (Phi) is 10.6. The van der Waals surface area contributed by atoms with Gasteiger partial charge in [-0.05, 0) is 38.5 Å². The Labute approximate surface area is 234 Å². The fraction of sp³-hybridized carbons (Fsp3) is 0.500. The molecule has 1 atom stereocenters. The second kappa shape index (κ2) is 13.3. The normalized spacial score (nSPS) is 16.3. The number of hydrogen-bond donors (Lipinski definition) is 1. The van der Waals surface area contributed by atoms with Crippen LogP contribution in [0.4, 0.5) is 0 Å². The number of rotatable bonds is 9. The zero-order chi connectivity index (χ0) is 27.2. The number of benzene rings is 1. The first-order valence-electron chi connectivity index (χ1n) is 11.6. The number of hydrogen-bond acceptors (Lipinski definition) is 9. The number of amides is 2. The molecule has 0 spiro atoms. The second-order valence-corrected chi connectivity index (χ2v) is 12.4. The van der Waals surface area contributed by atoms with Crippen molar-refractivity contribution in [3.05, 3.63) is 44.9 Å². The van der Waals surface area contributed by atoms with Gasteiger partial charge in [-0.15, -0.1) is 11.3 Å². The summed E-state index contributed by atoms with van der Waals surface area (Å²) in [4.78, 5) is 43.1. The molecule has 2 heterocycles. The van der Waals surface area contributed by atoms with Crippen molar-refractivity contribution < 1.29 is 23.9 Å². The average molecular weight is 590 g/mol. The number of carbonyl (C=O) groups excluding carboxylic acids is 3. The molecule has 1 aliphatic rings. The summed E-state index contributed by atoms with van der Waals surface area (Å²) < 4.78 is 13.2. The van der Waals surface area contributed by atoms with Crippen LogP contribution in [0, 0.1) is 0 Å². The molecule has 2 amide bonds. The molecule has 0 saturated carbocycles. The first-order valence-corrected chi connectivity index (χ1v) is 14.0. The molecule has 2 aromatic rings. The zero-order valence-corrected chi connectivity index (χ0v) is 24.2. The van der Waals surface area contributed by atoms with Crippen LogP contribution in [0.15, 0.2) is 27.9 Å². The first-order chi connectivity index (χ1) is 17.4. The first kappa shape index (κ1) is 29.7. The van der Waals surface area contributed by atoms with Gasteiger partial charge in [-0.2, -0.15) is 0 Å². The third-order valence-electron chi connectivity index (χ3n) is 5.05. The minimum atomic E-state index is -0.634. The van der Waals surface area contributed by atoms with Gasteiger partial charge in [-0.1, -0.05) is 29.3 Å². The molecule has 202 valence electrons. The number of esters is 1. The van der Waals surface area contributed by atoms with E-state index in [-0.39, 0.29) is 24.2 Å². The van der Waals surface area contributed by atoms with E-state index in [0.717, 1.165) is 24.1 Å². The van der Waals surface area contributed by atoms with Gasteiger partial charge >= 0.3 is 5.97 Å². The topological polar surface area (TPSA) is 101 Å². The van der Waals surface area contributed by atoms with Crippen molar-refractivity contribution in [1.29, 1.82) is 0 Å². The van der Waals surface area contributed by atoms with Gasteiger partial charge in [0.1, 0.15) is 17.8 Å². The molecular formula is C24H30Cl2N4O5S2. The molecule has 9 nitrogen and oxygen atoms in total. The molecule has 3 rings (SSSR count). The second-order valence-electron chi connectivity index (χ2n) is 9.42. The molecular weight excluding hydrogens is 559 g/mol. The molecule has 13 heteroatoms. The lowest BCUT2D eigenvalue weighted by atomic mass is 10.2. The smallest absolute Gasteiger partial charge is 0.325 e. The van der Waals surface area contributed by atoms with E-state index in [9.17, 15) is 14.4 Å². The zero-order valence-electron chi connectivity index (χ0n) is 21.1. The summed E-state index contributed by atoms with van der Waals surface area (Å²) in [6.45, 7) is 9.48. The van der Waals surface area contributed by atoms with Crippen LogP contribution >= 0.6 is 46.5 Å². The van der Waals surface area contributed by atoms with Crippen molar-refractivity contribution >= 4 is 64.3 Å². The third kappa shape index (κ3) is 9.73. The van der Waals surface area contributed by atoms with Gasteiger partial charge in [-0.3, -0.25) is 23.6 Å². The van der Waals surface area contributed by atoms with Crippen LogP contribution in [0.2, 0.25) is 10.0 Å². The number of ether oxygens (including phenoxy) is 2. The average Bonchev–Trinajstić information content (AvgIpc) is 3.27. The molecule has 1 saturated heterocycles. The Morgan fingerprint density at radius 1 is 1.30 bits per heavy atom. The molecule has 0 aliphatic carbocycles. The highest BCUT2D eigenvalue weighted by Crippen LogP contribution is 2.28. The van der Waals surface area contributed by atoms with Crippen LogP contribution in [0.25, 0.3) is 0 Å². The molecule has 1 N–H and O–H groups in total. The maximum atomic E-state index is 12.4. The Balaban J connectivity index is 1.53. The summed E-state index contributed by atoms with van der Waals surface area (Å²) in [7, 11) is 0. The largest absolute Gasteiger partial charge is 0.459 e. The Morgan fingerprint density at radius 2 is 2.05 bits per heavy atom. The van der Waals surface area contributed by atoms with Crippen molar-refractivity contribution in [2.75, 3.05) is 32.8 Å². The summed E-state index contributed by atoms with van der Waals surface area (Å²) in [5.74, 6) is -1.17. The number of thiazole rings is 1. The van der Waals surface area contributed by atoms with Crippen LogP contribution in [-0.2, 0) is 25.6 Å². The van der Waals surface area contributed by atoms with Gasteiger partial charge in [-0.25, -0.2) is 4.98 Å². The highest BCUT2D eigenvalue weighted by atomic mass is 35.5. The molecule has 0 bridgehead atoms. The quantitative estimate of drug-likeness (QED) is 0.342. The Morgan fingerprint density at radius 3 is 2.73 bits per heavy atom. The standard InChI is InChI=1S/C24H30Cl2N4O5S2/c1-15(31)30(13-17-12-29(7-8-34-17)11-16-5-6-18(25)19(26)9-16)37-23-28-20(14-36-23)22(33)27-10-21(32)35-24(2,3)4/h5-6,9,14,17H,7-8,10-13H2,1-4H3,(H,27,33)/t17-/m0/s1. The number of aromatic nitrogens is 1. The Hall–Kier alpha value is -1.89. The number of halogens is 2. The maximum Gasteiger partial charge on any atom is 0.325 e. The molecule has 0 unspecified atom stereocenters. The highest BCUT2D eigenvalue weighted by Gasteiger charge is 2.26. The van der Waals surface area contributed by atoms with E-state index in [1.807, 2.05) is 12.1 Å². The maximum absolute atomic E-state index is 12.4. The van der Waals surface area contributed by atoms with Gasteiger partial charge in [0.25, 0.3) is 5.91 Å². The van der Waals surface area contributed by atoms with Crippen molar-refractivity contribution in [1.82, 2.24) is 19.5 Å². The minimum absolute atomic E-state index is 0.152. The van der Waals surface area contributed by atoms with Gasteiger partial charge in [0.15, 0.2) is 4.34 Å². The van der Waals surface area contributed by atoms with E-state index < -0.39 is 17.5 Å². The SMILES string of the molecule is CC(=O)N(C[C@@H]1CN(Cc2ccc(Cl)c(Cl)c2)CCO1)Sc1nc(C(=O)NCC(=O)OC(C)(C)C)cs1. The van der Waals surface area contributed by atoms with E-state index >= 15 is 0 Å². The van der Waals surface area contributed by atoms with Crippen molar-refractivity contribution in [3.63, 3.8) is 0 Å². The predicted molar refractivity (Wildman–Crippen MR) is 145 cm³/mol. The fourth-order valence-corrected chi connectivity index (χ4v) is 5.59. The van der Waals surface area contributed by atoms with Crippen molar-refractivity contribution in [2.45, 2.75) is 50.3 Å². The number of carbonyl (C=O) groups is 3. The lowest BCUT2D eigenvalue weighted by Gasteiger charge is -2.35.